The molecule has 1 N–H and O–H groups in total. The molecule has 1 aliphatic rings. The van der Waals surface area contributed by atoms with Gasteiger partial charge in [0.25, 0.3) is 5.56 Å². The van der Waals surface area contributed by atoms with Gasteiger partial charge in [-0.3, -0.25) is 19.5 Å². The van der Waals surface area contributed by atoms with Crippen LogP contribution < -0.4 is 10.9 Å². The number of anilines is 1. The van der Waals surface area contributed by atoms with Crippen molar-refractivity contribution in [3.8, 4) is 0 Å². The van der Waals surface area contributed by atoms with E-state index in [9.17, 15) is 14.4 Å². The first-order valence-corrected chi connectivity index (χ1v) is 13.8. The van der Waals surface area contributed by atoms with E-state index >= 15 is 0 Å². The molecule has 9 nitrogen and oxygen atoms in total. The lowest BCUT2D eigenvalue weighted by atomic mass is 9.98. The molecule has 3 aromatic rings. The van der Waals surface area contributed by atoms with Crippen molar-refractivity contribution in [2.24, 2.45) is 5.92 Å². The Morgan fingerprint density at radius 3 is 2.63 bits per heavy atom. The van der Waals surface area contributed by atoms with Crippen LogP contribution >= 0.6 is 22.7 Å². The summed E-state index contributed by atoms with van der Waals surface area (Å²) in [5, 5.41) is 12.6. The predicted molar refractivity (Wildman–Crippen MR) is 137 cm³/mol. The van der Waals surface area contributed by atoms with Gasteiger partial charge in [0.05, 0.1) is 11.7 Å². The summed E-state index contributed by atoms with van der Waals surface area (Å²) in [5.41, 5.74) is 0.204. The molecule has 1 saturated carbocycles. The van der Waals surface area contributed by atoms with Crippen LogP contribution in [0.3, 0.4) is 0 Å². The van der Waals surface area contributed by atoms with E-state index in [0.717, 1.165) is 37.1 Å². The first-order chi connectivity index (χ1) is 16.8. The van der Waals surface area contributed by atoms with Crippen molar-refractivity contribution in [2.45, 2.75) is 84.8 Å². The fraction of sp³-hybridized carbons (Fsp3) is 0.583. The van der Waals surface area contributed by atoms with Crippen LogP contribution in [0.1, 0.15) is 85.6 Å². The molecule has 1 atom stereocenters. The third-order valence-corrected chi connectivity index (χ3v) is 8.23. The molecule has 0 radical (unpaired) electrons. The third kappa shape index (κ3) is 5.61. The van der Waals surface area contributed by atoms with Gasteiger partial charge in [-0.05, 0) is 50.5 Å². The number of hydrogen-bond donors (Lipinski definition) is 1. The maximum absolute atomic E-state index is 13.4. The van der Waals surface area contributed by atoms with E-state index < -0.39 is 12.0 Å². The average Bonchev–Trinajstić information content (AvgIpc) is 3.40. The van der Waals surface area contributed by atoms with Crippen molar-refractivity contribution in [3.63, 3.8) is 0 Å². The van der Waals surface area contributed by atoms with E-state index in [-0.39, 0.29) is 17.6 Å². The highest BCUT2D eigenvalue weighted by molar-refractivity contribution is 7.20. The number of nitrogens with zero attached hydrogens (tertiary/aromatic N) is 4. The maximum atomic E-state index is 13.4. The number of amides is 1. The fourth-order valence-electron chi connectivity index (χ4n) is 4.37. The number of aromatic nitrogens is 4. The van der Waals surface area contributed by atoms with Crippen molar-refractivity contribution in [1.82, 2.24) is 19.7 Å². The van der Waals surface area contributed by atoms with E-state index in [2.05, 4.69) is 34.3 Å². The average molecular weight is 518 g/mol. The topological polar surface area (TPSA) is 116 Å². The fourth-order valence-corrected chi connectivity index (χ4v) is 6.35. The molecule has 0 bridgehead atoms. The molecule has 0 aromatic carbocycles. The van der Waals surface area contributed by atoms with Crippen molar-refractivity contribution < 1.29 is 14.3 Å². The first-order valence-electron chi connectivity index (χ1n) is 12.1. The molecule has 3 aromatic heterocycles. The Kier molecular flexibility index (Phi) is 7.95. The van der Waals surface area contributed by atoms with Crippen LogP contribution in [-0.2, 0) is 16.0 Å². The second-order valence-corrected chi connectivity index (χ2v) is 11.4. The van der Waals surface area contributed by atoms with Crippen LogP contribution in [0.15, 0.2) is 11.1 Å². The van der Waals surface area contributed by atoms with Crippen LogP contribution in [0, 0.1) is 12.8 Å². The number of nitrogens with one attached hydrogen (secondary N) is 1. The quantitative estimate of drug-likeness (QED) is 0.423. The highest BCUT2D eigenvalue weighted by Crippen LogP contribution is 2.30. The smallest absolute Gasteiger partial charge is 0.348 e. The maximum Gasteiger partial charge on any atom is 0.348 e. The standard InChI is InChI=1S/C24H31N5O4S2/c1-5-16(20(30)26-24-28-27-17(34-24)11-13(2)3)29-12-25-21-18(22(29)31)14(4)19(35-21)23(32)33-15-9-7-6-8-10-15/h12-13,15-16H,5-11H2,1-4H3,(H,26,28,30). The van der Waals surface area contributed by atoms with E-state index in [1.807, 2.05) is 6.92 Å². The van der Waals surface area contributed by atoms with Gasteiger partial charge in [0.2, 0.25) is 11.0 Å². The Labute approximate surface area is 211 Å². The molecular weight excluding hydrogens is 486 g/mol. The van der Waals surface area contributed by atoms with E-state index in [1.165, 1.54) is 40.0 Å². The highest BCUT2D eigenvalue weighted by Gasteiger charge is 2.27. The summed E-state index contributed by atoms with van der Waals surface area (Å²) in [7, 11) is 0. The Morgan fingerprint density at radius 2 is 1.94 bits per heavy atom. The highest BCUT2D eigenvalue weighted by atomic mass is 32.1. The SMILES string of the molecule is CCC(C(=O)Nc1nnc(CC(C)C)s1)n1cnc2sc(C(=O)OC3CCCCC3)c(C)c2c1=O. The number of esters is 1. The summed E-state index contributed by atoms with van der Waals surface area (Å²) in [5.74, 6) is -0.320. The zero-order chi connectivity index (χ0) is 25.1. The lowest BCUT2D eigenvalue weighted by Crippen LogP contribution is -2.33. The molecule has 35 heavy (non-hydrogen) atoms. The molecule has 0 spiro atoms. The largest absolute Gasteiger partial charge is 0.458 e. The Bertz CT molecular complexity index is 1270. The number of thiophene rings is 1. The summed E-state index contributed by atoms with van der Waals surface area (Å²) < 4.78 is 7.05. The molecule has 1 fully saturated rings. The Hall–Kier alpha value is -2.66. The third-order valence-electron chi connectivity index (χ3n) is 6.19. The molecule has 188 valence electrons. The lowest BCUT2D eigenvalue weighted by molar-refractivity contribution is -0.119. The zero-order valence-electron chi connectivity index (χ0n) is 20.5. The molecule has 1 unspecified atom stereocenters. The molecule has 1 aliphatic carbocycles. The van der Waals surface area contributed by atoms with Crippen molar-refractivity contribution in [3.05, 3.63) is 32.1 Å². The second kappa shape index (κ2) is 10.9. The minimum absolute atomic E-state index is 0.0694. The second-order valence-electron chi connectivity index (χ2n) is 9.37. The van der Waals surface area contributed by atoms with Gasteiger partial charge in [-0.25, -0.2) is 9.78 Å². The number of fused-ring (bicyclic) bond motifs is 1. The lowest BCUT2D eigenvalue weighted by Gasteiger charge is -2.21. The van der Waals surface area contributed by atoms with Crippen LogP contribution in [-0.4, -0.2) is 37.7 Å². The van der Waals surface area contributed by atoms with E-state index in [1.54, 1.807) is 6.92 Å². The van der Waals surface area contributed by atoms with Gasteiger partial charge < -0.3 is 4.74 Å². The van der Waals surface area contributed by atoms with Gasteiger partial charge >= 0.3 is 5.97 Å². The van der Waals surface area contributed by atoms with Crippen molar-refractivity contribution in [1.29, 1.82) is 0 Å². The van der Waals surface area contributed by atoms with Gasteiger partial charge in [-0.15, -0.1) is 21.5 Å². The minimum atomic E-state index is -0.770. The normalized spacial score (nSPS) is 15.5. The predicted octanol–water partition coefficient (Wildman–Crippen LogP) is 4.90. The summed E-state index contributed by atoms with van der Waals surface area (Å²) in [6.07, 6.45) is 7.53. The molecule has 4 rings (SSSR count). The number of carbonyl (C=O) groups excluding carboxylic acids is 2. The number of aryl methyl sites for hydroxylation is 1. The number of hydrogen-bond acceptors (Lipinski definition) is 9. The van der Waals surface area contributed by atoms with Crippen LogP contribution in [0.25, 0.3) is 10.2 Å². The monoisotopic (exact) mass is 517 g/mol. The summed E-state index contributed by atoms with van der Waals surface area (Å²) >= 11 is 2.50. The van der Waals surface area contributed by atoms with Crippen LogP contribution in [0.2, 0.25) is 0 Å². The summed E-state index contributed by atoms with van der Waals surface area (Å²) in [6.45, 7) is 7.76. The number of carbonyl (C=O) groups is 2. The molecule has 0 saturated heterocycles. The van der Waals surface area contributed by atoms with Gasteiger partial charge in [-0.2, -0.15) is 0 Å². The van der Waals surface area contributed by atoms with Crippen molar-refractivity contribution in [2.75, 3.05) is 5.32 Å². The molecule has 11 heteroatoms. The first kappa shape index (κ1) is 25.4. The zero-order valence-corrected chi connectivity index (χ0v) is 22.1. The summed E-state index contributed by atoms with van der Waals surface area (Å²) in [4.78, 5) is 44.6. The number of ether oxygens (including phenoxy) is 1. The summed E-state index contributed by atoms with van der Waals surface area (Å²) in [6, 6.07) is -0.770. The minimum Gasteiger partial charge on any atom is -0.458 e. The van der Waals surface area contributed by atoms with E-state index in [0.29, 0.717) is 38.1 Å². The van der Waals surface area contributed by atoms with Gasteiger partial charge in [0.15, 0.2) is 0 Å². The molecular formula is C24H31N5O4S2. The van der Waals surface area contributed by atoms with Crippen molar-refractivity contribution >= 4 is 49.9 Å². The van der Waals surface area contributed by atoms with Crippen LogP contribution in [0.5, 0.6) is 0 Å². The number of rotatable bonds is 8. The Morgan fingerprint density at radius 1 is 1.20 bits per heavy atom. The van der Waals surface area contributed by atoms with Gasteiger partial charge in [-0.1, -0.05) is 38.5 Å². The molecule has 1 amide bonds. The Balaban J connectivity index is 1.57. The molecule has 3 heterocycles. The van der Waals surface area contributed by atoms with Gasteiger partial charge in [0.1, 0.15) is 26.9 Å². The molecule has 0 aliphatic heterocycles. The van der Waals surface area contributed by atoms with Gasteiger partial charge in [0, 0.05) is 6.42 Å². The van der Waals surface area contributed by atoms with Crippen LogP contribution in [0.4, 0.5) is 5.13 Å². The van der Waals surface area contributed by atoms with E-state index in [4.69, 9.17) is 4.74 Å².